The lowest BCUT2D eigenvalue weighted by Crippen LogP contribution is -2.23. The van der Waals surface area contributed by atoms with E-state index in [2.05, 4.69) is 17.0 Å². The summed E-state index contributed by atoms with van der Waals surface area (Å²) in [5.74, 6) is 0. The lowest BCUT2D eigenvalue weighted by atomic mass is 10.1. The molecule has 15 heavy (non-hydrogen) atoms. The Hall–Kier alpha value is -1.06. The molecule has 0 aliphatic carbocycles. The highest BCUT2D eigenvalue weighted by Crippen LogP contribution is 2.28. The number of nitrogens with two attached hydrogens (primary N) is 1. The van der Waals surface area contributed by atoms with Gasteiger partial charge in [0.1, 0.15) is 0 Å². The largest absolute Gasteiger partial charge is 0.392 e. The molecule has 0 saturated carbocycles. The van der Waals surface area contributed by atoms with Crippen molar-refractivity contribution in [2.45, 2.75) is 19.4 Å². The number of hydrogen-bond donors (Lipinski definition) is 2. The van der Waals surface area contributed by atoms with Crippen molar-refractivity contribution in [3.63, 3.8) is 0 Å². The number of nitrogens with zero attached hydrogens (tertiary/aromatic N) is 1. The molecule has 0 amide bonds. The Labute approximate surface area is 90.5 Å². The van der Waals surface area contributed by atoms with E-state index in [4.69, 9.17) is 10.8 Å². The van der Waals surface area contributed by atoms with Gasteiger partial charge in [0, 0.05) is 18.8 Å². The van der Waals surface area contributed by atoms with Gasteiger partial charge >= 0.3 is 0 Å². The van der Waals surface area contributed by atoms with E-state index in [0.717, 1.165) is 38.0 Å². The molecule has 82 valence electrons. The molecule has 0 aromatic heterocycles. The zero-order valence-electron chi connectivity index (χ0n) is 8.95. The van der Waals surface area contributed by atoms with Crippen LogP contribution in [0.4, 0.5) is 5.69 Å². The van der Waals surface area contributed by atoms with E-state index in [9.17, 15) is 0 Å². The Morgan fingerprint density at radius 1 is 1.40 bits per heavy atom. The lowest BCUT2D eigenvalue weighted by Gasteiger charge is -2.19. The molecule has 3 heteroatoms. The van der Waals surface area contributed by atoms with E-state index in [-0.39, 0.29) is 6.61 Å². The standard InChI is InChI=1S/C12H18N2O/c13-5-1-6-14-7-4-11-3-2-10(9-15)8-12(11)14/h2-3,8,15H,1,4-7,9,13H2. The second-order valence-corrected chi connectivity index (χ2v) is 4.00. The second kappa shape index (κ2) is 4.64. The molecule has 3 nitrogen and oxygen atoms in total. The molecule has 0 unspecified atom stereocenters. The molecule has 0 saturated heterocycles. The minimum atomic E-state index is 0.123. The number of hydrogen-bond acceptors (Lipinski definition) is 3. The highest BCUT2D eigenvalue weighted by Gasteiger charge is 2.18. The molecular weight excluding hydrogens is 188 g/mol. The molecule has 1 heterocycles. The predicted molar refractivity (Wildman–Crippen MR) is 62.0 cm³/mol. The van der Waals surface area contributed by atoms with Gasteiger partial charge in [-0.3, -0.25) is 0 Å². The van der Waals surface area contributed by atoms with Crippen LogP contribution in [-0.4, -0.2) is 24.7 Å². The number of fused-ring (bicyclic) bond motifs is 1. The van der Waals surface area contributed by atoms with Gasteiger partial charge < -0.3 is 15.7 Å². The van der Waals surface area contributed by atoms with Crippen LogP contribution < -0.4 is 10.6 Å². The van der Waals surface area contributed by atoms with Crippen molar-refractivity contribution in [3.8, 4) is 0 Å². The third-order valence-electron chi connectivity index (χ3n) is 2.96. The maximum absolute atomic E-state index is 9.09. The minimum absolute atomic E-state index is 0.123. The first-order chi connectivity index (χ1) is 7.35. The molecule has 2 rings (SSSR count). The first-order valence-electron chi connectivity index (χ1n) is 5.53. The fraction of sp³-hybridized carbons (Fsp3) is 0.500. The van der Waals surface area contributed by atoms with Crippen LogP contribution in [-0.2, 0) is 13.0 Å². The first kappa shape index (κ1) is 10.5. The van der Waals surface area contributed by atoms with Crippen LogP contribution in [0.3, 0.4) is 0 Å². The van der Waals surface area contributed by atoms with Crippen molar-refractivity contribution in [2.24, 2.45) is 5.73 Å². The van der Waals surface area contributed by atoms with Crippen LogP contribution in [0.1, 0.15) is 17.5 Å². The van der Waals surface area contributed by atoms with Crippen molar-refractivity contribution >= 4 is 5.69 Å². The average Bonchev–Trinajstić information content (AvgIpc) is 2.68. The number of rotatable bonds is 4. The van der Waals surface area contributed by atoms with Gasteiger partial charge in [0.05, 0.1) is 6.61 Å². The molecular formula is C12H18N2O. The highest BCUT2D eigenvalue weighted by molar-refractivity contribution is 5.59. The van der Waals surface area contributed by atoms with Gasteiger partial charge in [0.25, 0.3) is 0 Å². The number of benzene rings is 1. The van der Waals surface area contributed by atoms with Crippen LogP contribution in [0.5, 0.6) is 0 Å². The van der Waals surface area contributed by atoms with E-state index in [1.807, 2.05) is 6.07 Å². The summed E-state index contributed by atoms with van der Waals surface area (Å²) in [5, 5.41) is 9.09. The summed E-state index contributed by atoms with van der Waals surface area (Å²) in [6.07, 6.45) is 2.15. The molecule has 3 N–H and O–H groups in total. The number of anilines is 1. The monoisotopic (exact) mass is 206 g/mol. The molecule has 1 aromatic carbocycles. The first-order valence-corrected chi connectivity index (χ1v) is 5.53. The molecule has 1 aliphatic rings. The topological polar surface area (TPSA) is 49.5 Å². The zero-order valence-corrected chi connectivity index (χ0v) is 8.95. The quantitative estimate of drug-likeness (QED) is 0.769. The second-order valence-electron chi connectivity index (χ2n) is 4.00. The van der Waals surface area contributed by atoms with Gasteiger partial charge in [-0.05, 0) is 36.6 Å². The Morgan fingerprint density at radius 2 is 2.27 bits per heavy atom. The van der Waals surface area contributed by atoms with Crippen molar-refractivity contribution in [1.82, 2.24) is 0 Å². The van der Waals surface area contributed by atoms with E-state index in [1.54, 1.807) is 0 Å². The molecule has 0 fully saturated rings. The van der Waals surface area contributed by atoms with Crippen LogP contribution in [0.25, 0.3) is 0 Å². The maximum Gasteiger partial charge on any atom is 0.0682 e. The van der Waals surface area contributed by atoms with Gasteiger partial charge in [0.15, 0.2) is 0 Å². The number of aliphatic hydroxyl groups is 1. The summed E-state index contributed by atoms with van der Waals surface area (Å²) >= 11 is 0. The van der Waals surface area contributed by atoms with E-state index in [1.165, 1.54) is 11.3 Å². The predicted octanol–water partition coefficient (Wildman–Crippen LogP) is 0.890. The smallest absolute Gasteiger partial charge is 0.0682 e. The molecule has 0 atom stereocenters. The summed E-state index contributed by atoms with van der Waals surface area (Å²) in [5.41, 5.74) is 9.19. The zero-order chi connectivity index (χ0) is 10.7. The maximum atomic E-state index is 9.09. The van der Waals surface area contributed by atoms with Crippen molar-refractivity contribution in [2.75, 3.05) is 24.5 Å². The van der Waals surface area contributed by atoms with Crippen molar-refractivity contribution in [1.29, 1.82) is 0 Å². The molecule has 0 bridgehead atoms. The molecule has 1 aliphatic heterocycles. The normalized spacial score (nSPS) is 14.4. The Morgan fingerprint density at radius 3 is 3.00 bits per heavy atom. The lowest BCUT2D eigenvalue weighted by molar-refractivity contribution is 0.282. The fourth-order valence-electron chi connectivity index (χ4n) is 2.10. The Kier molecular flexibility index (Phi) is 3.23. The van der Waals surface area contributed by atoms with E-state index in [0.29, 0.717) is 0 Å². The highest BCUT2D eigenvalue weighted by atomic mass is 16.3. The van der Waals surface area contributed by atoms with Gasteiger partial charge in [-0.25, -0.2) is 0 Å². The molecule has 0 radical (unpaired) electrons. The molecule has 0 spiro atoms. The van der Waals surface area contributed by atoms with Gasteiger partial charge in [0.2, 0.25) is 0 Å². The summed E-state index contributed by atoms with van der Waals surface area (Å²) in [7, 11) is 0. The summed E-state index contributed by atoms with van der Waals surface area (Å²) in [4.78, 5) is 2.36. The number of aliphatic hydroxyl groups excluding tert-OH is 1. The van der Waals surface area contributed by atoms with Gasteiger partial charge in [-0.1, -0.05) is 12.1 Å². The fourth-order valence-corrected chi connectivity index (χ4v) is 2.10. The molecule has 1 aromatic rings. The van der Waals surface area contributed by atoms with Crippen LogP contribution in [0.2, 0.25) is 0 Å². The average molecular weight is 206 g/mol. The Bertz CT molecular complexity index is 338. The SMILES string of the molecule is NCCCN1CCc2ccc(CO)cc21. The van der Waals surface area contributed by atoms with Gasteiger partial charge in [-0.2, -0.15) is 0 Å². The van der Waals surface area contributed by atoms with Crippen LogP contribution in [0.15, 0.2) is 18.2 Å². The van der Waals surface area contributed by atoms with E-state index < -0.39 is 0 Å². The third kappa shape index (κ3) is 2.13. The van der Waals surface area contributed by atoms with Crippen molar-refractivity contribution in [3.05, 3.63) is 29.3 Å². The third-order valence-corrected chi connectivity index (χ3v) is 2.96. The van der Waals surface area contributed by atoms with Crippen molar-refractivity contribution < 1.29 is 5.11 Å². The van der Waals surface area contributed by atoms with Crippen LogP contribution in [0, 0.1) is 0 Å². The summed E-state index contributed by atoms with van der Waals surface area (Å²) in [6, 6.07) is 6.23. The Balaban J connectivity index is 2.16. The summed E-state index contributed by atoms with van der Waals surface area (Å²) in [6.45, 7) is 2.98. The summed E-state index contributed by atoms with van der Waals surface area (Å²) < 4.78 is 0. The van der Waals surface area contributed by atoms with Gasteiger partial charge in [-0.15, -0.1) is 0 Å². The minimum Gasteiger partial charge on any atom is -0.392 e. The van der Waals surface area contributed by atoms with Crippen LogP contribution >= 0.6 is 0 Å². The van der Waals surface area contributed by atoms with E-state index >= 15 is 0 Å².